The van der Waals surface area contributed by atoms with E-state index in [1.54, 1.807) is 12.1 Å². The molecule has 1 unspecified atom stereocenters. The maximum Gasteiger partial charge on any atom is 0.165 e. The Bertz CT molecular complexity index is 406. The molecule has 0 amide bonds. The van der Waals surface area contributed by atoms with Gasteiger partial charge in [0.1, 0.15) is 6.61 Å². The third-order valence-corrected chi connectivity index (χ3v) is 3.37. The standard InChI is InChI=1S/C13H16BrFO2/c1-13(2)6-5-10(17-13)8-16-12-7-9(14)3-4-11(12)15/h3-4,7,10H,5-6,8H2,1-2H3. The minimum Gasteiger partial charge on any atom is -0.488 e. The van der Waals surface area contributed by atoms with Crippen LogP contribution in [0.5, 0.6) is 5.75 Å². The van der Waals surface area contributed by atoms with E-state index in [1.807, 2.05) is 0 Å². The second kappa shape index (κ2) is 4.94. The van der Waals surface area contributed by atoms with Gasteiger partial charge in [-0.15, -0.1) is 0 Å². The summed E-state index contributed by atoms with van der Waals surface area (Å²) < 4.78 is 25.5. The van der Waals surface area contributed by atoms with Crippen LogP contribution < -0.4 is 4.74 Å². The fourth-order valence-electron chi connectivity index (χ4n) is 1.97. The molecule has 0 saturated carbocycles. The van der Waals surface area contributed by atoms with Crippen LogP contribution >= 0.6 is 15.9 Å². The molecule has 2 nitrogen and oxygen atoms in total. The monoisotopic (exact) mass is 302 g/mol. The van der Waals surface area contributed by atoms with Crippen LogP contribution in [0.4, 0.5) is 4.39 Å². The van der Waals surface area contributed by atoms with E-state index in [1.165, 1.54) is 6.07 Å². The highest BCUT2D eigenvalue weighted by molar-refractivity contribution is 9.10. The minimum atomic E-state index is -0.342. The van der Waals surface area contributed by atoms with Crippen LogP contribution in [0.3, 0.4) is 0 Å². The molecule has 94 valence electrons. The topological polar surface area (TPSA) is 18.5 Å². The first kappa shape index (κ1) is 12.8. The van der Waals surface area contributed by atoms with Crippen molar-refractivity contribution in [1.82, 2.24) is 0 Å². The largest absolute Gasteiger partial charge is 0.488 e. The van der Waals surface area contributed by atoms with Crippen molar-refractivity contribution in [2.75, 3.05) is 6.61 Å². The quantitative estimate of drug-likeness (QED) is 0.842. The Morgan fingerprint density at radius 1 is 1.53 bits per heavy atom. The zero-order valence-electron chi connectivity index (χ0n) is 10.0. The molecule has 1 saturated heterocycles. The Morgan fingerprint density at radius 2 is 2.29 bits per heavy atom. The molecule has 1 aliphatic heterocycles. The summed E-state index contributed by atoms with van der Waals surface area (Å²) in [5.41, 5.74) is -0.0795. The van der Waals surface area contributed by atoms with Gasteiger partial charge >= 0.3 is 0 Å². The molecule has 0 spiro atoms. The first-order chi connectivity index (χ1) is 7.96. The van der Waals surface area contributed by atoms with Crippen molar-refractivity contribution in [3.63, 3.8) is 0 Å². The van der Waals surface area contributed by atoms with E-state index < -0.39 is 0 Å². The zero-order chi connectivity index (χ0) is 12.5. The molecular formula is C13H16BrFO2. The van der Waals surface area contributed by atoms with Gasteiger partial charge in [0, 0.05) is 4.47 Å². The lowest BCUT2D eigenvalue weighted by Gasteiger charge is -2.19. The van der Waals surface area contributed by atoms with Crippen molar-refractivity contribution in [1.29, 1.82) is 0 Å². The number of halogens is 2. The highest BCUT2D eigenvalue weighted by Gasteiger charge is 2.32. The van der Waals surface area contributed by atoms with Gasteiger partial charge in [-0.1, -0.05) is 15.9 Å². The van der Waals surface area contributed by atoms with Gasteiger partial charge in [-0.05, 0) is 44.9 Å². The van der Waals surface area contributed by atoms with Crippen LogP contribution in [-0.4, -0.2) is 18.3 Å². The number of rotatable bonds is 3. The molecule has 1 fully saturated rings. The van der Waals surface area contributed by atoms with Crippen molar-refractivity contribution in [3.8, 4) is 5.75 Å². The van der Waals surface area contributed by atoms with Gasteiger partial charge in [-0.3, -0.25) is 0 Å². The van der Waals surface area contributed by atoms with Gasteiger partial charge in [-0.2, -0.15) is 0 Å². The first-order valence-corrected chi connectivity index (χ1v) is 6.51. The van der Waals surface area contributed by atoms with E-state index in [0.717, 1.165) is 17.3 Å². The second-order valence-corrected chi connectivity index (χ2v) is 5.84. The Labute approximate surface area is 109 Å². The van der Waals surface area contributed by atoms with E-state index in [4.69, 9.17) is 9.47 Å². The zero-order valence-corrected chi connectivity index (χ0v) is 11.6. The highest BCUT2D eigenvalue weighted by Crippen LogP contribution is 2.30. The predicted molar refractivity (Wildman–Crippen MR) is 67.8 cm³/mol. The van der Waals surface area contributed by atoms with Crippen LogP contribution in [0.15, 0.2) is 22.7 Å². The van der Waals surface area contributed by atoms with E-state index >= 15 is 0 Å². The molecule has 1 atom stereocenters. The molecule has 0 N–H and O–H groups in total. The van der Waals surface area contributed by atoms with Crippen molar-refractivity contribution >= 4 is 15.9 Å². The third-order valence-electron chi connectivity index (χ3n) is 2.87. The number of benzene rings is 1. The van der Waals surface area contributed by atoms with Crippen molar-refractivity contribution in [2.24, 2.45) is 0 Å². The summed E-state index contributed by atoms with van der Waals surface area (Å²) >= 11 is 3.29. The fourth-order valence-corrected chi connectivity index (χ4v) is 2.31. The Balaban J connectivity index is 1.92. The van der Waals surface area contributed by atoms with E-state index in [9.17, 15) is 4.39 Å². The van der Waals surface area contributed by atoms with Crippen LogP contribution in [0.25, 0.3) is 0 Å². The normalized spacial score (nSPS) is 22.7. The lowest BCUT2D eigenvalue weighted by atomic mass is 10.1. The molecule has 17 heavy (non-hydrogen) atoms. The second-order valence-electron chi connectivity index (χ2n) is 4.92. The maximum atomic E-state index is 13.4. The summed E-state index contributed by atoms with van der Waals surface area (Å²) in [5, 5.41) is 0. The van der Waals surface area contributed by atoms with Gasteiger partial charge in [0.05, 0.1) is 11.7 Å². The molecule has 1 aromatic carbocycles. The average molecular weight is 303 g/mol. The van der Waals surface area contributed by atoms with Crippen LogP contribution in [0, 0.1) is 5.82 Å². The van der Waals surface area contributed by atoms with E-state index in [-0.39, 0.29) is 23.3 Å². The van der Waals surface area contributed by atoms with Gasteiger partial charge in [-0.25, -0.2) is 4.39 Å². The lowest BCUT2D eigenvalue weighted by Crippen LogP contribution is -2.24. The first-order valence-electron chi connectivity index (χ1n) is 5.72. The van der Waals surface area contributed by atoms with Crippen molar-refractivity contribution in [2.45, 2.75) is 38.4 Å². The highest BCUT2D eigenvalue weighted by atomic mass is 79.9. The summed E-state index contributed by atoms with van der Waals surface area (Å²) in [7, 11) is 0. The third kappa shape index (κ3) is 3.42. The van der Waals surface area contributed by atoms with E-state index in [2.05, 4.69) is 29.8 Å². The van der Waals surface area contributed by atoms with Crippen molar-refractivity contribution < 1.29 is 13.9 Å². The molecule has 4 heteroatoms. The molecule has 2 rings (SSSR count). The predicted octanol–water partition coefficient (Wildman–Crippen LogP) is 3.92. The SMILES string of the molecule is CC1(C)CCC(COc2cc(Br)ccc2F)O1. The van der Waals surface area contributed by atoms with Crippen molar-refractivity contribution in [3.05, 3.63) is 28.5 Å². The minimum absolute atomic E-state index is 0.0587. The van der Waals surface area contributed by atoms with Crippen LogP contribution in [-0.2, 0) is 4.74 Å². The Hall–Kier alpha value is -0.610. The molecule has 1 aliphatic rings. The smallest absolute Gasteiger partial charge is 0.165 e. The number of hydrogen-bond acceptors (Lipinski definition) is 2. The fraction of sp³-hybridized carbons (Fsp3) is 0.538. The van der Waals surface area contributed by atoms with Crippen LogP contribution in [0.2, 0.25) is 0 Å². The Morgan fingerprint density at radius 3 is 2.94 bits per heavy atom. The number of ether oxygens (including phenoxy) is 2. The van der Waals surface area contributed by atoms with Crippen LogP contribution in [0.1, 0.15) is 26.7 Å². The molecule has 0 aromatic heterocycles. The van der Waals surface area contributed by atoms with E-state index in [0.29, 0.717) is 6.61 Å². The van der Waals surface area contributed by atoms with Gasteiger partial charge in [0.25, 0.3) is 0 Å². The molecule has 1 heterocycles. The molecule has 0 bridgehead atoms. The van der Waals surface area contributed by atoms with Gasteiger partial charge in [0.15, 0.2) is 11.6 Å². The molecular weight excluding hydrogens is 287 g/mol. The van der Waals surface area contributed by atoms with Gasteiger partial charge in [0.2, 0.25) is 0 Å². The summed E-state index contributed by atoms with van der Waals surface area (Å²) in [6.07, 6.45) is 2.04. The molecule has 0 radical (unpaired) electrons. The summed E-state index contributed by atoms with van der Waals surface area (Å²) in [6, 6.07) is 4.67. The average Bonchev–Trinajstić information content (AvgIpc) is 2.60. The summed E-state index contributed by atoms with van der Waals surface area (Å²) in [4.78, 5) is 0. The maximum absolute atomic E-state index is 13.4. The summed E-state index contributed by atoms with van der Waals surface area (Å²) in [6.45, 7) is 4.52. The molecule has 0 aliphatic carbocycles. The number of hydrogen-bond donors (Lipinski definition) is 0. The summed E-state index contributed by atoms with van der Waals surface area (Å²) in [5.74, 6) is -0.0712. The molecule has 1 aromatic rings. The Kier molecular flexibility index (Phi) is 3.73. The lowest BCUT2D eigenvalue weighted by molar-refractivity contribution is -0.0330. The van der Waals surface area contributed by atoms with Gasteiger partial charge < -0.3 is 9.47 Å².